The van der Waals surface area contributed by atoms with Gasteiger partial charge in [-0.05, 0) is 43.3 Å². The number of methoxy groups -OCH3 is 1. The largest absolute Gasteiger partial charge is 0.497 e. The molecule has 1 unspecified atom stereocenters. The quantitative estimate of drug-likeness (QED) is 0.842. The molecule has 0 aliphatic heterocycles. The van der Waals surface area contributed by atoms with Crippen LogP contribution in [0.25, 0.3) is 0 Å². The van der Waals surface area contributed by atoms with E-state index in [1.165, 1.54) is 17.8 Å². The predicted octanol–water partition coefficient (Wildman–Crippen LogP) is 4.09. The summed E-state index contributed by atoms with van der Waals surface area (Å²) in [4.78, 5) is 13.0. The van der Waals surface area contributed by atoms with Gasteiger partial charge in [-0.15, -0.1) is 11.8 Å². The summed E-state index contributed by atoms with van der Waals surface area (Å²) in [5.74, 6) is -1.48. The molecule has 3 nitrogen and oxygen atoms in total. The van der Waals surface area contributed by atoms with Crippen molar-refractivity contribution in [3.05, 3.63) is 54.1 Å². The molecule has 0 radical (unpaired) electrons. The highest BCUT2D eigenvalue weighted by molar-refractivity contribution is 8.00. The number of halogens is 2. The van der Waals surface area contributed by atoms with Crippen molar-refractivity contribution in [2.75, 3.05) is 12.4 Å². The van der Waals surface area contributed by atoms with E-state index in [0.717, 1.165) is 22.8 Å². The molecule has 6 heteroatoms. The Bertz CT molecular complexity index is 662. The third-order valence-electron chi connectivity index (χ3n) is 2.93. The molecule has 0 bridgehead atoms. The van der Waals surface area contributed by atoms with Gasteiger partial charge in [0, 0.05) is 16.6 Å². The first kappa shape index (κ1) is 16.3. The molecule has 0 aliphatic rings. The highest BCUT2D eigenvalue weighted by Gasteiger charge is 2.15. The van der Waals surface area contributed by atoms with Crippen molar-refractivity contribution in [2.24, 2.45) is 0 Å². The van der Waals surface area contributed by atoms with Gasteiger partial charge in [-0.2, -0.15) is 0 Å². The maximum atomic E-state index is 13.1. The second-order valence-corrected chi connectivity index (χ2v) is 5.97. The first-order chi connectivity index (χ1) is 10.5. The number of benzene rings is 2. The Morgan fingerprint density at radius 1 is 1.14 bits per heavy atom. The molecular weight excluding hydrogens is 308 g/mol. The maximum Gasteiger partial charge on any atom is 0.237 e. The van der Waals surface area contributed by atoms with Crippen molar-refractivity contribution < 1.29 is 18.3 Å². The normalized spacial score (nSPS) is 11.8. The lowest BCUT2D eigenvalue weighted by molar-refractivity contribution is -0.115. The molecule has 0 saturated carbocycles. The third-order valence-corrected chi connectivity index (χ3v) is 4.04. The summed E-state index contributed by atoms with van der Waals surface area (Å²) in [6, 6.07) is 10.6. The van der Waals surface area contributed by atoms with E-state index in [2.05, 4.69) is 5.32 Å². The number of amides is 1. The van der Waals surface area contributed by atoms with Crippen LogP contribution >= 0.6 is 11.8 Å². The zero-order chi connectivity index (χ0) is 16.1. The fraction of sp³-hybridized carbons (Fsp3) is 0.188. The molecule has 2 rings (SSSR count). The van der Waals surface area contributed by atoms with Crippen LogP contribution in [0.4, 0.5) is 14.5 Å². The van der Waals surface area contributed by atoms with Crippen LogP contribution in [0, 0.1) is 11.6 Å². The van der Waals surface area contributed by atoms with Crippen LogP contribution in [0.5, 0.6) is 5.75 Å². The second kappa shape index (κ2) is 7.26. The van der Waals surface area contributed by atoms with E-state index < -0.39 is 11.6 Å². The van der Waals surface area contributed by atoms with Crippen molar-refractivity contribution in [1.82, 2.24) is 0 Å². The highest BCUT2D eigenvalue weighted by Crippen LogP contribution is 2.26. The average Bonchev–Trinajstić information content (AvgIpc) is 2.51. The Labute approximate surface area is 131 Å². The molecule has 0 saturated heterocycles. The van der Waals surface area contributed by atoms with Crippen molar-refractivity contribution in [3.8, 4) is 5.75 Å². The third kappa shape index (κ3) is 4.21. The van der Waals surface area contributed by atoms with Crippen molar-refractivity contribution in [3.63, 3.8) is 0 Å². The van der Waals surface area contributed by atoms with E-state index in [9.17, 15) is 13.6 Å². The standard InChI is InChI=1S/C16H15F2NO2S/c1-10(22-13-6-4-12(21-2)5-7-13)16(20)19-11-3-8-14(17)15(18)9-11/h3-10H,1-2H3,(H,19,20). The van der Waals surface area contributed by atoms with Crippen LogP contribution in [0.15, 0.2) is 47.4 Å². The summed E-state index contributed by atoms with van der Waals surface area (Å²) >= 11 is 1.36. The van der Waals surface area contributed by atoms with Gasteiger partial charge in [0.2, 0.25) is 5.91 Å². The number of hydrogen-bond donors (Lipinski definition) is 1. The van der Waals surface area contributed by atoms with Crippen LogP contribution in [-0.4, -0.2) is 18.3 Å². The summed E-state index contributed by atoms with van der Waals surface area (Å²) in [6.45, 7) is 1.74. The highest BCUT2D eigenvalue weighted by atomic mass is 32.2. The molecular formula is C16H15F2NO2S. The first-order valence-electron chi connectivity index (χ1n) is 6.56. The number of nitrogens with one attached hydrogen (secondary N) is 1. The second-order valence-electron chi connectivity index (χ2n) is 4.55. The fourth-order valence-electron chi connectivity index (χ4n) is 1.73. The molecule has 2 aromatic rings. The van der Waals surface area contributed by atoms with Gasteiger partial charge >= 0.3 is 0 Å². The fourth-order valence-corrected chi connectivity index (χ4v) is 2.60. The number of thioether (sulfide) groups is 1. The summed E-state index contributed by atoms with van der Waals surface area (Å²) < 4.78 is 31.0. The maximum absolute atomic E-state index is 13.1. The minimum Gasteiger partial charge on any atom is -0.497 e. The minimum absolute atomic E-state index is 0.228. The minimum atomic E-state index is -0.992. The van der Waals surface area contributed by atoms with Gasteiger partial charge in [0.15, 0.2) is 11.6 Å². The molecule has 1 atom stereocenters. The summed E-state index contributed by atoms with van der Waals surface area (Å²) in [6.07, 6.45) is 0. The summed E-state index contributed by atoms with van der Waals surface area (Å²) in [7, 11) is 1.58. The summed E-state index contributed by atoms with van der Waals surface area (Å²) in [5, 5.41) is 2.17. The van der Waals surface area contributed by atoms with Crippen molar-refractivity contribution in [1.29, 1.82) is 0 Å². The van der Waals surface area contributed by atoms with Gasteiger partial charge in [0.25, 0.3) is 0 Å². The number of carbonyl (C=O) groups excluding carboxylic acids is 1. The molecule has 1 amide bonds. The van der Waals surface area contributed by atoms with E-state index in [4.69, 9.17) is 4.74 Å². The van der Waals surface area contributed by atoms with E-state index in [1.807, 2.05) is 24.3 Å². The SMILES string of the molecule is COc1ccc(SC(C)C(=O)Nc2ccc(F)c(F)c2)cc1. The molecule has 1 N–H and O–H groups in total. The van der Waals surface area contributed by atoms with Crippen molar-refractivity contribution in [2.45, 2.75) is 17.1 Å². The van der Waals surface area contributed by atoms with E-state index in [0.29, 0.717) is 0 Å². The lowest BCUT2D eigenvalue weighted by Crippen LogP contribution is -2.22. The molecule has 0 spiro atoms. The number of anilines is 1. The van der Waals surface area contributed by atoms with Crippen LogP contribution < -0.4 is 10.1 Å². The zero-order valence-electron chi connectivity index (χ0n) is 12.1. The van der Waals surface area contributed by atoms with Crippen LogP contribution in [0.2, 0.25) is 0 Å². The Morgan fingerprint density at radius 3 is 2.41 bits per heavy atom. The molecule has 0 aromatic heterocycles. The Balaban J connectivity index is 1.97. The summed E-state index contributed by atoms with van der Waals surface area (Å²) in [5.41, 5.74) is 0.228. The molecule has 0 fully saturated rings. The van der Waals surface area contributed by atoms with Crippen LogP contribution in [0.1, 0.15) is 6.92 Å². The lowest BCUT2D eigenvalue weighted by Gasteiger charge is -2.12. The van der Waals surface area contributed by atoms with Gasteiger partial charge in [-0.1, -0.05) is 0 Å². The smallest absolute Gasteiger partial charge is 0.237 e. The van der Waals surface area contributed by atoms with Gasteiger partial charge in [-0.3, -0.25) is 4.79 Å². The Hall–Kier alpha value is -2.08. The zero-order valence-corrected chi connectivity index (χ0v) is 12.9. The van der Waals surface area contributed by atoms with Crippen LogP contribution in [-0.2, 0) is 4.79 Å². The van der Waals surface area contributed by atoms with E-state index >= 15 is 0 Å². The average molecular weight is 323 g/mol. The molecule has 22 heavy (non-hydrogen) atoms. The lowest BCUT2D eigenvalue weighted by atomic mass is 10.3. The van der Waals surface area contributed by atoms with Gasteiger partial charge in [-0.25, -0.2) is 8.78 Å². The Kier molecular flexibility index (Phi) is 5.38. The molecule has 116 valence electrons. The number of ether oxygens (including phenoxy) is 1. The topological polar surface area (TPSA) is 38.3 Å². The number of hydrogen-bond acceptors (Lipinski definition) is 3. The number of rotatable bonds is 5. The number of carbonyl (C=O) groups is 1. The van der Waals surface area contributed by atoms with Gasteiger partial charge in [0.05, 0.1) is 12.4 Å². The van der Waals surface area contributed by atoms with Crippen LogP contribution in [0.3, 0.4) is 0 Å². The molecule has 0 heterocycles. The first-order valence-corrected chi connectivity index (χ1v) is 7.44. The predicted molar refractivity (Wildman–Crippen MR) is 83.3 cm³/mol. The monoisotopic (exact) mass is 323 g/mol. The van der Waals surface area contributed by atoms with Gasteiger partial charge < -0.3 is 10.1 Å². The van der Waals surface area contributed by atoms with E-state index in [1.54, 1.807) is 14.0 Å². The van der Waals surface area contributed by atoms with Crippen molar-refractivity contribution >= 4 is 23.4 Å². The molecule has 2 aromatic carbocycles. The Morgan fingerprint density at radius 2 is 1.82 bits per heavy atom. The molecule has 0 aliphatic carbocycles. The van der Waals surface area contributed by atoms with Gasteiger partial charge in [0.1, 0.15) is 5.75 Å². The van der Waals surface area contributed by atoms with E-state index in [-0.39, 0.29) is 16.8 Å².